The molecule has 1 aromatic carbocycles. The summed E-state index contributed by atoms with van der Waals surface area (Å²) in [5.41, 5.74) is 0.860. The Kier molecular flexibility index (Phi) is 4.73. The third-order valence-corrected chi connectivity index (χ3v) is 3.82. The highest BCUT2D eigenvalue weighted by Gasteiger charge is 2.41. The molecule has 0 bridgehead atoms. The smallest absolute Gasteiger partial charge is 0.389 e. The third-order valence-electron chi connectivity index (χ3n) is 3.82. The standard InChI is InChI=1S/C15H16F3NO3/c16-15(17,18)7-6-9-2-1-3-10(8-9)19-13(20)11-4-5-12(11)14(21)22/h1-3,8,11-12H,4-7H2,(H,19,20)(H,21,22). The van der Waals surface area contributed by atoms with Gasteiger partial charge in [-0.3, -0.25) is 9.59 Å². The zero-order valence-electron chi connectivity index (χ0n) is 11.7. The number of halogens is 3. The molecule has 2 unspecified atom stereocenters. The summed E-state index contributed by atoms with van der Waals surface area (Å²) < 4.78 is 36.6. The van der Waals surface area contributed by atoms with E-state index in [0.29, 0.717) is 24.1 Å². The van der Waals surface area contributed by atoms with E-state index >= 15 is 0 Å². The molecule has 1 aliphatic carbocycles. The molecular weight excluding hydrogens is 299 g/mol. The molecule has 1 aliphatic rings. The first-order valence-corrected chi connectivity index (χ1v) is 6.95. The minimum absolute atomic E-state index is 0.158. The van der Waals surface area contributed by atoms with Gasteiger partial charge in [0.05, 0.1) is 11.8 Å². The van der Waals surface area contributed by atoms with Crippen molar-refractivity contribution in [2.75, 3.05) is 5.32 Å². The number of benzene rings is 1. The topological polar surface area (TPSA) is 66.4 Å². The van der Waals surface area contributed by atoms with Crippen molar-refractivity contribution in [2.45, 2.75) is 31.9 Å². The number of hydrogen-bond donors (Lipinski definition) is 2. The lowest BCUT2D eigenvalue weighted by atomic mass is 9.73. The van der Waals surface area contributed by atoms with Crippen LogP contribution < -0.4 is 5.32 Å². The van der Waals surface area contributed by atoms with Crippen LogP contribution in [-0.2, 0) is 16.0 Å². The monoisotopic (exact) mass is 315 g/mol. The average Bonchev–Trinajstić information content (AvgIpc) is 2.33. The molecule has 0 aromatic heterocycles. The summed E-state index contributed by atoms with van der Waals surface area (Å²) in [6.45, 7) is 0. The number of alkyl halides is 3. The number of carbonyl (C=O) groups is 2. The van der Waals surface area contributed by atoms with Crippen LogP contribution in [0.2, 0.25) is 0 Å². The van der Waals surface area contributed by atoms with Crippen molar-refractivity contribution in [3.8, 4) is 0 Å². The fraction of sp³-hybridized carbons (Fsp3) is 0.467. The van der Waals surface area contributed by atoms with E-state index in [4.69, 9.17) is 5.11 Å². The SMILES string of the molecule is O=C(O)C1CCC1C(=O)Nc1cccc(CCC(F)(F)F)c1. The van der Waals surface area contributed by atoms with Crippen LogP contribution in [0.4, 0.5) is 18.9 Å². The Hall–Kier alpha value is -2.05. The van der Waals surface area contributed by atoms with Gasteiger partial charge in [-0.1, -0.05) is 12.1 Å². The molecule has 1 saturated carbocycles. The van der Waals surface area contributed by atoms with E-state index in [9.17, 15) is 22.8 Å². The van der Waals surface area contributed by atoms with Crippen LogP contribution >= 0.6 is 0 Å². The maximum absolute atomic E-state index is 12.2. The van der Waals surface area contributed by atoms with Gasteiger partial charge < -0.3 is 10.4 Å². The highest BCUT2D eigenvalue weighted by molar-refractivity contribution is 5.96. The lowest BCUT2D eigenvalue weighted by Crippen LogP contribution is -2.41. The molecule has 22 heavy (non-hydrogen) atoms. The molecule has 7 heteroatoms. The van der Waals surface area contributed by atoms with Gasteiger partial charge in [0.1, 0.15) is 0 Å². The molecule has 120 valence electrons. The fourth-order valence-electron chi connectivity index (χ4n) is 2.44. The molecule has 2 rings (SSSR count). The summed E-state index contributed by atoms with van der Waals surface area (Å²) in [5.74, 6) is -2.64. The number of anilines is 1. The van der Waals surface area contributed by atoms with Gasteiger partial charge in [0.2, 0.25) is 5.91 Å². The van der Waals surface area contributed by atoms with E-state index in [1.54, 1.807) is 18.2 Å². The molecule has 1 aromatic rings. The van der Waals surface area contributed by atoms with Crippen molar-refractivity contribution in [2.24, 2.45) is 11.8 Å². The van der Waals surface area contributed by atoms with Gasteiger partial charge in [0, 0.05) is 12.1 Å². The summed E-state index contributed by atoms with van der Waals surface area (Å²) in [7, 11) is 0. The summed E-state index contributed by atoms with van der Waals surface area (Å²) in [5, 5.41) is 11.5. The van der Waals surface area contributed by atoms with Crippen molar-refractivity contribution < 1.29 is 27.9 Å². The molecule has 0 aliphatic heterocycles. The highest BCUT2D eigenvalue weighted by Crippen LogP contribution is 2.35. The lowest BCUT2D eigenvalue weighted by molar-refractivity contribution is -0.151. The van der Waals surface area contributed by atoms with Gasteiger partial charge in [-0.05, 0) is 37.0 Å². The van der Waals surface area contributed by atoms with Crippen LogP contribution in [0.5, 0.6) is 0 Å². The molecule has 1 fully saturated rings. The maximum atomic E-state index is 12.2. The molecule has 4 nitrogen and oxygen atoms in total. The van der Waals surface area contributed by atoms with E-state index in [-0.39, 0.29) is 6.42 Å². The molecule has 2 N–H and O–H groups in total. The molecule has 0 heterocycles. The van der Waals surface area contributed by atoms with Crippen LogP contribution in [0.1, 0.15) is 24.8 Å². The minimum atomic E-state index is -4.22. The van der Waals surface area contributed by atoms with E-state index in [0.717, 1.165) is 0 Å². The molecule has 0 saturated heterocycles. The van der Waals surface area contributed by atoms with E-state index in [1.807, 2.05) is 0 Å². The lowest BCUT2D eigenvalue weighted by Gasteiger charge is -2.31. The van der Waals surface area contributed by atoms with E-state index in [2.05, 4.69) is 5.32 Å². The Labute approximate surface area is 125 Å². The van der Waals surface area contributed by atoms with Gasteiger partial charge in [0.25, 0.3) is 0 Å². The van der Waals surface area contributed by atoms with Crippen LogP contribution in [-0.4, -0.2) is 23.2 Å². The number of amides is 1. The summed E-state index contributed by atoms with van der Waals surface area (Å²) in [4.78, 5) is 22.9. The summed E-state index contributed by atoms with van der Waals surface area (Å²) in [6, 6.07) is 6.18. The average molecular weight is 315 g/mol. The molecule has 1 amide bonds. The summed E-state index contributed by atoms with van der Waals surface area (Å²) in [6.07, 6.45) is -4.32. The van der Waals surface area contributed by atoms with Crippen molar-refractivity contribution >= 4 is 17.6 Å². The van der Waals surface area contributed by atoms with Crippen LogP contribution in [0.25, 0.3) is 0 Å². The minimum Gasteiger partial charge on any atom is -0.481 e. The molecule has 2 atom stereocenters. The van der Waals surface area contributed by atoms with Gasteiger partial charge in [0.15, 0.2) is 0 Å². The number of rotatable bonds is 5. The zero-order valence-corrected chi connectivity index (χ0v) is 11.7. The largest absolute Gasteiger partial charge is 0.481 e. The molecular formula is C15H16F3NO3. The Morgan fingerprint density at radius 1 is 1.23 bits per heavy atom. The summed E-state index contributed by atoms with van der Waals surface area (Å²) >= 11 is 0. The number of nitrogens with one attached hydrogen (secondary N) is 1. The fourth-order valence-corrected chi connectivity index (χ4v) is 2.44. The zero-order chi connectivity index (χ0) is 16.3. The van der Waals surface area contributed by atoms with Crippen LogP contribution in [0.15, 0.2) is 24.3 Å². The number of carboxylic acid groups (broad SMARTS) is 1. The number of hydrogen-bond acceptors (Lipinski definition) is 2. The predicted octanol–water partition coefficient (Wildman–Crippen LogP) is 3.23. The maximum Gasteiger partial charge on any atom is 0.389 e. The van der Waals surface area contributed by atoms with Crippen molar-refractivity contribution in [1.82, 2.24) is 0 Å². The second-order valence-corrected chi connectivity index (χ2v) is 5.43. The molecule has 0 spiro atoms. The normalized spacial score (nSPS) is 21.0. The van der Waals surface area contributed by atoms with Crippen molar-refractivity contribution in [1.29, 1.82) is 0 Å². The Balaban J connectivity index is 1.95. The first-order valence-electron chi connectivity index (χ1n) is 6.95. The predicted molar refractivity (Wildman–Crippen MR) is 73.3 cm³/mol. The second-order valence-electron chi connectivity index (χ2n) is 5.43. The van der Waals surface area contributed by atoms with Gasteiger partial charge in [-0.2, -0.15) is 13.2 Å². The second kappa shape index (κ2) is 6.37. The Bertz CT molecular complexity index is 571. The first kappa shape index (κ1) is 16.3. The highest BCUT2D eigenvalue weighted by atomic mass is 19.4. The number of aliphatic carboxylic acids is 1. The van der Waals surface area contributed by atoms with Crippen LogP contribution in [0.3, 0.4) is 0 Å². The number of carboxylic acids is 1. The van der Waals surface area contributed by atoms with Gasteiger partial charge in [-0.25, -0.2) is 0 Å². The van der Waals surface area contributed by atoms with E-state index in [1.165, 1.54) is 6.07 Å². The van der Waals surface area contributed by atoms with Crippen LogP contribution in [0, 0.1) is 11.8 Å². The quantitative estimate of drug-likeness (QED) is 0.876. The van der Waals surface area contributed by atoms with Gasteiger partial charge in [-0.15, -0.1) is 0 Å². The first-order chi connectivity index (χ1) is 10.3. The molecule has 0 radical (unpaired) electrons. The number of aryl methyl sites for hydroxylation is 1. The Morgan fingerprint density at radius 2 is 1.91 bits per heavy atom. The van der Waals surface area contributed by atoms with E-state index < -0.39 is 36.3 Å². The van der Waals surface area contributed by atoms with Crippen molar-refractivity contribution in [3.05, 3.63) is 29.8 Å². The number of carbonyl (C=O) groups excluding carboxylic acids is 1. The van der Waals surface area contributed by atoms with Gasteiger partial charge >= 0.3 is 12.1 Å². The Morgan fingerprint density at radius 3 is 2.45 bits per heavy atom. The van der Waals surface area contributed by atoms with Crippen molar-refractivity contribution in [3.63, 3.8) is 0 Å². The third kappa shape index (κ3) is 4.22.